The van der Waals surface area contributed by atoms with E-state index in [0.29, 0.717) is 33.9 Å². The van der Waals surface area contributed by atoms with Gasteiger partial charge in [-0.1, -0.05) is 93.6 Å². The first-order valence-electron chi connectivity index (χ1n) is 19.0. The maximum atomic E-state index is 13.2. The predicted octanol–water partition coefficient (Wildman–Crippen LogP) is 8.36. The zero-order chi connectivity index (χ0) is 40.4. The zero-order valence-corrected chi connectivity index (χ0v) is 34.4. The Kier molecular flexibility index (Phi) is 11.4. The summed E-state index contributed by atoms with van der Waals surface area (Å²) < 4.78 is 34.0. The maximum absolute atomic E-state index is 13.2. The lowest BCUT2D eigenvalue weighted by molar-refractivity contribution is -0.0939. The number of anilines is 1. The summed E-state index contributed by atoms with van der Waals surface area (Å²) in [7, 11) is 0.798. The van der Waals surface area contributed by atoms with Crippen LogP contribution in [0.2, 0.25) is 18.1 Å². The quantitative estimate of drug-likeness (QED) is 0.0878. The Morgan fingerprint density at radius 3 is 1.93 bits per heavy atom. The lowest BCUT2D eigenvalue weighted by Gasteiger charge is -2.40. The van der Waals surface area contributed by atoms with E-state index in [2.05, 4.69) is 49.1 Å². The average molecular weight is 787 g/mol. The van der Waals surface area contributed by atoms with Crippen molar-refractivity contribution in [2.24, 2.45) is 0 Å². The Morgan fingerprint density at radius 2 is 1.37 bits per heavy atom. The van der Waals surface area contributed by atoms with Gasteiger partial charge in [0, 0.05) is 11.8 Å². The van der Waals surface area contributed by atoms with Crippen LogP contribution < -0.4 is 14.8 Å². The number of nitrogens with zero attached hydrogens (tertiary/aromatic N) is 3. The number of fused-ring (bicyclic) bond motifs is 1. The third-order valence-corrected chi connectivity index (χ3v) is 15.7. The molecular weight excluding hydrogens is 737 g/mol. The molecular formula is C45H50N4O7Si. The fourth-order valence-electron chi connectivity index (χ4n) is 7.05. The molecule has 296 valence electrons. The van der Waals surface area contributed by atoms with E-state index in [0.717, 1.165) is 16.7 Å². The summed E-state index contributed by atoms with van der Waals surface area (Å²) in [5, 5.41) is 15.7. The lowest BCUT2D eigenvalue weighted by atomic mass is 9.80. The second kappa shape index (κ2) is 16.2. The molecule has 0 spiro atoms. The van der Waals surface area contributed by atoms with Crippen molar-refractivity contribution in [1.82, 2.24) is 14.5 Å². The minimum absolute atomic E-state index is 0.00541. The van der Waals surface area contributed by atoms with Gasteiger partial charge in [0.2, 0.25) is 0 Å². The molecule has 1 saturated heterocycles. The summed E-state index contributed by atoms with van der Waals surface area (Å²) in [5.41, 5.74) is 2.50. The smallest absolute Gasteiger partial charge is 0.256 e. The number of aliphatic hydroxyl groups excluding tert-OH is 1. The van der Waals surface area contributed by atoms with E-state index >= 15 is 0 Å². The van der Waals surface area contributed by atoms with Crippen LogP contribution in [-0.4, -0.2) is 73.0 Å². The third-order valence-electron chi connectivity index (χ3n) is 11.2. The van der Waals surface area contributed by atoms with E-state index in [1.807, 2.05) is 114 Å². The van der Waals surface area contributed by atoms with Gasteiger partial charge in [-0.2, -0.15) is 0 Å². The van der Waals surface area contributed by atoms with Crippen LogP contribution in [0.15, 0.2) is 128 Å². The van der Waals surface area contributed by atoms with Crippen LogP contribution in [0, 0.1) is 0 Å². The molecule has 3 heterocycles. The number of hydrogen-bond acceptors (Lipinski definition) is 9. The zero-order valence-electron chi connectivity index (χ0n) is 33.4. The molecule has 1 aliphatic rings. The molecule has 0 aliphatic carbocycles. The summed E-state index contributed by atoms with van der Waals surface area (Å²) in [6.45, 7) is 10.8. The highest BCUT2D eigenvalue weighted by Gasteiger charge is 2.52. The minimum atomic E-state index is -2.48. The highest BCUT2D eigenvalue weighted by Crippen LogP contribution is 2.45. The molecule has 0 saturated carbocycles. The van der Waals surface area contributed by atoms with E-state index in [9.17, 15) is 9.90 Å². The molecule has 1 amide bonds. The first-order valence-corrected chi connectivity index (χ1v) is 21.9. The van der Waals surface area contributed by atoms with Crippen LogP contribution in [0.1, 0.15) is 54.0 Å². The van der Waals surface area contributed by atoms with E-state index in [-0.39, 0.29) is 17.6 Å². The molecule has 57 heavy (non-hydrogen) atoms. The topological polar surface area (TPSA) is 126 Å². The largest absolute Gasteiger partial charge is 0.497 e. The monoisotopic (exact) mass is 786 g/mol. The van der Waals surface area contributed by atoms with Gasteiger partial charge in [-0.3, -0.25) is 4.79 Å². The van der Waals surface area contributed by atoms with E-state index in [1.165, 1.54) is 6.33 Å². The SMILES string of the molecule is COc1ccc(C(OC[C@H]2O[C@@H](n3ccc4c(NC(=O)c5ccccc5)ncnc43)C(O[Si](C)(C)C(C)(C)C)C2O)(c2ccccc2)c2ccc(OC)cc2)cc1. The Balaban J connectivity index is 1.28. The van der Waals surface area contributed by atoms with Crippen LogP contribution in [0.25, 0.3) is 11.0 Å². The molecule has 2 N–H and O–H groups in total. The number of ether oxygens (including phenoxy) is 4. The summed E-state index contributed by atoms with van der Waals surface area (Å²) in [6, 6.07) is 36.4. The van der Waals surface area contributed by atoms with Crippen molar-refractivity contribution in [3.63, 3.8) is 0 Å². The normalized spacial score (nSPS) is 18.7. The molecule has 0 radical (unpaired) electrons. The summed E-state index contributed by atoms with van der Waals surface area (Å²) in [5.74, 6) is 1.50. The predicted molar refractivity (Wildman–Crippen MR) is 222 cm³/mol. The Morgan fingerprint density at radius 1 is 0.807 bits per heavy atom. The molecule has 11 nitrogen and oxygen atoms in total. The molecule has 2 aromatic heterocycles. The Bertz CT molecular complexity index is 2230. The van der Waals surface area contributed by atoms with Crippen LogP contribution in [-0.2, 0) is 19.5 Å². The molecule has 1 fully saturated rings. The second-order valence-corrected chi connectivity index (χ2v) is 20.5. The fourth-order valence-corrected chi connectivity index (χ4v) is 8.34. The molecule has 12 heteroatoms. The van der Waals surface area contributed by atoms with Gasteiger partial charge in [0.15, 0.2) is 14.5 Å². The summed E-state index contributed by atoms with van der Waals surface area (Å²) in [6.07, 6.45) is -0.223. The number of aliphatic hydroxyl groups is 1. The summed E-state index contributed by atoms with van der Waals surface area (Å²) >= 11 is 0. The molecule has 2 unspecified atom stereocenters. The highest BCUT2D eigenvalue weighted by atomic mass is 28.4. The minimum Gasteiger partial charge on any atom is -0.497 e. The number of hydrogen-bond donors (Lipinski definition) is 2. The van der Waals surface area contributed by atoms with Gasteiger partial charge in [-0.15, -0.1) is 0 Å². The molecule has 4 atom stereocenters. The van der Waals surface area contributed by atoms with Crippen molar-refractivity contribution in [3.05, 3.63) is 150 Å². The number of rotatable bonds is 13. The van der Waals surface area contributed by atoms with Crippen molar-refractivity contribution in [3.8, 4) is 11.5 Å². The Hall–Kier alpha value is -5.37. The fraction of sp³-hybridized carbons (Fsp3) is 0.311. The van der Waals surface area contributed by atoms with Gasteiger partial charge < -0.3 is 38.4 Å². The third kappa shape index (κ3) is 7.83. The lowest BCUT2D eigenvalue weighted by Crippen LogP contribution is -2.49. The van der Waals surface area contributed by atoms with Crippen molar-refractivity contribution in [1.29, 1.82) is 0 Å². The van der Waals surface area contributed by atoms with Crippen molar-refractivity contribution < 1.29 is 33.3 Å². The number of carbonyl (C=O) groups is 1. The molecule has 6 aromatic rings. The van der Waals surface area contributed by atoms with Gasteiger partial charge in [0.05, 0.1) is 26.2 Å². The maximum Gasteiger partial charge on any atom is 0.256 e. The second-order valence-electron chi connectivity index (χ2n) is 15.7. The number of benzene rings is 4. The molecule has 0 bridgehead atoms. The summed E-state index contributed by atoms with van der Waals surface area (Å²) in [4.78, 5) is 22.2. The van der Waals surface area contributed by atoms with E-state index in [4.69, 9.17) is 23.4 Å². The first kappa shape index (κ1) is 39.8. The number of nitrogens with one attached hydrogen (secondary N) is 1. The van der Waals surface area contributed by atoms with Crippen molar-refractivity contribution in [2.75, 3.05) is 26.1 Å². The highest BCUT2D eigenvalue weighted by molar-refractivity contribution is 6.74. The first-order chi connectivity index (χ1) is 27.4. The molecule has 1 aliphatic heterocycles. The number of carbonyl (C=O) groups excluding carboxylic acids is 1. The van der Waals surface area contributed by atoms with Crippen molar-refractivity contribution in [2.45, 2.75) is 69.0 Å². The van der Waals surface area contributed by atoms with Crippen LogP contribution >= 0.6 is 0 Å². The van der Waals surface area contributed by atoms with E-state index < -0.39 is 38.5 Å². The van der Waals surface area contributed by atoms with Crippen LogP contribution in [0.5, 0.6) is 11.5 Å². The van der Waals surface area contributed by atoms with Crippen LogP contribution in [0.4, 0.5) is 5.82 Å². The van der Waals surface area contributed by atoms with Crippen molar-refractivity contribution >= 4 is 31.1 Å². The van der Waals surface area contributed by atoms with E-state index in [1.54, 1.807) is 26.4 Å². The average Bonchev–Trinajstić information content (AvgIpc) is 3.79. The number of aromatic nitrogens is 3. The number of amides is 1. The van der Waals surface area contributed by atoms with Gasteiger partial charge in [-0.25, -0.2) is 9.97 Å². The van der Waals surface area contributed by atoms with Gasteiger partial charge in [-0.05, 0) is 77.3 Å². The van der Waals surface area contributed by atoms with Gasteiger partial charge >= 0.3 is 0 Å². The van der Waals surface area contributed by atoms with Gasteiger partial charge in [0.25, 0.3) is 5.91 Å². The standard InChI is InChI=1S/C45H50N4O7Si/c1-44(2,3)57(6,7)56-39-38(50)37(55-43(39)49-27-26-36-40(46-29-47-41(36)49)48-42(51)30-14-10-8-11-15-30)28-54-45(31-16-12-9-13-17-31,32-18-22-34(52-4)23-19-32)33-20-24-35(53-5)25-21-33/h8-27,29,37-39,43,50H,28H2,1-7H3,(H,46,47,48,51)/t37-,38?,39?,43-/m1/s1. The van der Waals surface area contributed by atoms with Gasteiger partial charge in [0.1, 0.15) is 53.2 Å². The molecule has 7 rings (SSSR count). The number of methoxy groups -OCH3 is 2. The molecule has 4 aromatic carbocycles. The van der Waals surface area contributed by atoms with Crippen LogP contribution in [0.3, 0.4) is 0 Å². The Labute approximate surface area is 334 Å².